The molecule has 8 heteroatoms. The van der Waals surface area contributed by atoms with E-state index in [2.05, 4.69) is 0 Å². The highest BCUT2D eigenvalue weighted by atomic mass is 16.6. The number of methoxy groups -OCH3 is 3. The van der Waals surface area contributed by atoms with E-state index < -0.39 is 11.0 Å². The third-order valence-corrected chi connectivity index (χ3v) is 2.93. The predicted octanol–water partition coefficient (Wildman–Crippen LogP) is 1.06. The largest absolute Gasteiger partial charge is 0.493 e. The number of aliphatic hydroxyl groups is 1. The van der Waals surface area contributed by atoms with E-state index in [0.29, 0.717) is 11.4 Å². The van der Waals surface area contributed by atoms with Crippen molar-refractivity contribution in [2.45, 2.75) is 6.10 Å². The van der Waals surface area contributed by atoms with Gasteiger partial charge < -0.3 is 24.2 Å². The number of nitro groups is 1. The number of likely N-dealkylation sites (N-methyl/N-ethyl adjacent to an activating group) is 1. The van der Waals surface area contributed by atoms with Crippen LogP contribution in [0.1, 0.15) is 0 Å². The van der Waals surface area contributed by atoms with Gasteiger partial charge >= 0.3 is 0 Å². The molecule has 1 aromatic rings. The van der Waals surface area contributed by atoms with Gasteiger partial charge in [-0.3, -0.25) is 10.1 Å². The van der Waals surface area contributed by atoms with Gasteiger partial charge in [0.05, 0.1) is 37.9 Å². The van der Waals surface area contributed by atoms with Gasteiger partial charge in [-0.25, -0.2) is 0 Å². The summed E-state index contributed by atoms with van der Waals surface area (Å²) in [5.74, 6) is 0.657. The molecule has 0 amide bonds. The van der Waals surface area contributed by atoms with Crippen LogP contribution in [0.15, 0.2) is 12.1 Å². The number of hydrogen-bond acceptors (Lipinski definition) is 7. The normalized spacial score (nSPS) is 11.9. The Bertz CT molecular complexity index is 494. The molecule has 0 aliphatic heterocycles. The highest BCUT2D eigenvalue weighted by molar-refractivity contribution is 5.69. The molecule has 21 heavy (non-hydrogen) atoms. The molecular weight excluding hydrogens is 280 g/mol. The molecule has 0 bridgehead atoms. The summed E-state index contributed by atoms with van der Waals surface area (Å²) in [4.78, 5) is 12.3. The molecule has 0 aliphatic rings. The van der Waals surface area contributed by atoms with Gasteiger partial charge in [-0.05, 0) is 0 Å². The molecule has 0 heterocycles. The molecule has 0 spiro atoms. The molecule has 1 rings (SSSR count). The van der Waals surface area contributed by atoms with Crippen molar-refractivity contribution in [3.63, 3.8) is 0 Å². The average Bonchev–Trinajstić information content (AvgIpc) is 2.45. The molecule has 0 saturated carbocycles. The third kappa shape index (κ3) is 4.20. The van der Waals surface area contributed by atoms with Crippen molar-refractivity contribution >= 4 is 11.4 Å². The number of nitro benzene ring substituents is 1. The maximum absolute atomic E-state index is 11.2. The van der Waals surface area contributed by atoms with Crippen LogP contribution in [0.5, 0.6) is 11.5 Å². The smallest absolute Gasteiger partial charge is 0.296 e. The fourth-order valence-electron chi connectivity index (χ4n) is 1.97. The molecule has 1 unspecified atom stereocenters. The summed E-state index contributed by atoms with van der Waals surface area (Å²) in [6.07, 6.45) is -0.757. The molecule has 1 atom stereocenters. The van der Waals surface area contributed by atoms with Crippen LogP contribution >= 0.6 is 0 Å². The lowest BCUT2D eigenvalue weighted by molar-refractivity contribution is -0.384. The number of ether oxygens (including phenoxy) is 3. The van der Waals surface area contributed by atoms with Gasteiger partial charge in [-0.1, -0.05) is 0 Å². The first-order chi connectivity index (χ1) is 9.94. The second-order valence-electron chi connectivity index (χ2n) is 4.44. The summed E-state index contributed by atoms with van der Waals surface area (Å²) in [7, 11) is 5.98. The van der Waals surface area contributed by atoms with Gasteiger partial charge in [0.1, 0.15) is 5.69 Å². The first-order valence-corrected chi connectivity index (χ1v) is 6.23. The van der Waals surface area contributed by atoms with Gasteiger partial charge in [-0.2, -0.15) is 0 Å². The van der Waals surface area contributed by atoms with E-state index in [-0.39, 0.29) is 24.6 Å². The second-order valence-corrected chi connectivity index (χ2v) is 4.44. The number of benzene rings is 1. The summed E-state index contributed by atoms with van der Waals surface area (Å²) >= 11 is 0. The topological polar surface area (TPSA) is 94.3 Å². The second kappa shape index (κ2) is 7.65. The zero-order chi connectivity index (χ0) is 16.0. The monoisotopic (exact) mass is 300 g/mol. The van der Waals surface area contributed by atoms with Crippen LogP contribution in [0, 0.1) is 10.1 Å². The van der Waals surface area contributed by atoms with E-state index in [1.807, 2.05) is 0 Å². The molecule has 0 radical (unpaired) electrons. The molecule has 0 saturated heterocycles. The Balaban J connectivity index is 3.16. The van der Waals surface area contributed by atoms with Crippen LogP contribution in [-0.4, -0.2) is 57.7 Å². The lowest BCUT2D eigenvalue weighted by Crippen LogP contribution is -2.32. The number of anilines is 1. The molecule has 0 fully saturated rings. The van der Waals surface area contributed by atoms with Crippen molar-refractivity contribution in [2.24, 2.45) is 0 Å². The number of nitrogens with zero attached hydrogens (tertiary/aromatic N) is 2. The van der Waals surface area contributed by atoms with Crippen LogP contribution in [-0.2, 0) is 4.74 Å². The van der Waals surface area contributed by atoms with Crippen molar-refractivity contribution in [1.82, 2.24) is 0 Å². The van der Waals surface area contributed by atoms with Crippen molar-refractivity contribution in [3.8, 4) is 11.5 Å². The van der Waals surface area contributed by atoms with E-state index in [0.717, 1.165) is 0 Å². The average molecular weight is 300 g/mol. The number of aliphatic hydroxyl groups excluding tert-OH is 1. The Kier molecular flexibility index (Phi) is 6.19. The SMILES string of the molecule is COCC(O)CN(C)c1cc(OC)c(OC)cc1[N+](=O)[O-]. The summed E-state index contributed by atoms with van der Waals surface area (Å²) < 4.78 is 15.1. The maximum atomic E-state index is 11.2. The Labute approximate surface area is 123 Å². The van der Waals surface area contributed by atoms with Gasteiger partial charge in [-0.15, -0.1) is 0 Å². The van der Waals surface area contributed by atoms with Crippen molar-refractivity contribution in [2.75, 3.05) is 46.4 Å². The van der Waals surface area contributed by atoms with Gasteiger partial charge in [0.15, 0.2) is 11.5 Å². The Morgan fingerprint density at radius 3 is 2.33 bits per heavy atom. The third-order valence-electron chi connectivity index (χ3n) is 2.93. The quantitative estimate of drug-likeness (QED) is 0.566. The number of hydrogen-bond donors (Lipinski definition) is 1. The van der Waals surface area contributed by atoms with Crippen molar-refractivity contribution < 1.29 is 24.2 Å². The van der Waals surface area contributed by atoms with Crippen molar-refractivity contribution in [3.05, 3.63) is 22.2 Å². The zero-order valence-electron chi connectivity index (χ0n) is 12.5. The van der Waals surface area contributed by atoms with E-state index >= 15 is 0 Å². The highest BCUT2D eigenvalue weighted by Crippen LogP contribution is 2.39. The van der Waals surface area contributed by atoms with Gasteiger partial charge in [0.25, 0.3) is 5.69 Å². The Morgan fingerprint density at radius 1 is 1.29 bits per heavy atom. The zero-order valence-corrected chi connectivity index (χ0v) is 12.5. The fourth-order valence-corrected chi connectivity index (χ4v) is 1.97. The molecule has 118 valence electrons. The first kappa shape index (κ1) is 17.0. The van der Waals surface area contributed by atoms with E-state index in [1.165, 1.54) is 33.5 Å². The van der Waals surface area contributed by atoms with Crippen LogP contribution in [0.4, 0.5) is 11.4 Å². The van der Waals surface area contributed by atoms with E-state index in [1.54, 1.807) is 11.9 Å². The summed E-state index contributed by atoms with van der Waals surface area (Å²) in [6.45, 7) is 0.329. The molecule has 8 nitrogen and oxygen atoms in total. The van der Waals surface area contributed by atoms with E-state index in [9.17, 15) is 15.2 Å². The van der Waals surface area contributed by atoms with Crippen LogP contribution < -0.4 is 14.4 Å². The molecule has 0 aromatic heterocycles. The molecule has 0 aliphatic carbocycles. The molecule has 1 aromatic carbocycles. The van der Waals surface area contributed by atoms with Crippen LogP contribution in [0.25, 0.3) is 0 Å². The van der Waals surface area contributed by atoms with E-state index in [4.69, 9.17) is 14.2 Å². The van der Waals surface area contributed by atoms with Crippen LogP contribution in [0.2, 0.25) is 0 Å². The molecule has 1 N–H and O–H groups in total. The fraction of sp³-hybridized carbons (Fsp3) is 0.538. The maximum Gasteiger partial charge on any atom is 0.296 e. The summed E-state index contributed by atoms with van der Waals surface area (Å²) in [5.41, 5.74) is 0.201. The minimum absolute atomic E-state index is 0.125. The number of rotatable bonds is 8. The first-order valence-electron chi connectivity index (χ1n) is 6.23. The Morgan fingerprint density at radius 2 is 1.86 bits per heavy atom. The predicted molar refractivity (Wildman–Crippen MR) is 77.4 cm³/mol. The standard InChI is InChI=1S/C13H20N2O6/c1-14(7-9(16)8-19-2)10-5-12(20-3)13(21-4)6-11(10)15(17)18/h5-6,9,16H,7-8H2,1-4H3. The minimum Gasteiger partial charge on any atom is -0.493 e. The summed E-state index contributed by atoms with van der Waals surface area (Å²) in [5, 5.41) is 20.9. The summed E-state index contributed by atoms with van der Waals surface area (Å²) in [6, 6.07) is 2.81. The van der Waals surface area contributed by atoms with Crippen LogP contribution in [0.3, 0.4) is 0 Å². The Hall–Kier alpha value is -2.06. The lowest BCUT2D eigenvalue weighted by Gasteiger charge is -2.23. The van der Waals surface area contributed by atoms with Crippen molar-refractivity contribution in [1.29, 1.82) is 0 Å². The lowest BCUT2D eigenvalue weighted by atomic mass is 10.2. The molecular formula is C13H20N2O6. The minimum atomic E-state index is -0.757. The van der Waals surface area contributed by atoms with Gasteiger partial charge in [0.2, 0.25) is 0 Å². The highest BCUT2D eigenvalue weighted by Gasteiger charge is 2.23. The van der Waals surface area contributed by atoms with Gasteiger partial charge in [0, 0.05) is 26.8 Å².